The average Bonchev–Trinajstić information content (AvgIpc) is 3.07. The summed E-state index contributed by atoms with van der Waals surface area (Å²) in [5.41, 5.74) is 4.26. The molecule has 16 heavy (non-hydrogen) atoms. The highest BCUT2D eigenvalue weighted by Gasteiger charge is 2.26. The van der Waals surface area contributed by atoms with Gasteiger partial charge in [-0.15, -0.1) is 0 Å². The predicted octanol–water partition coefficient (Wildman–Crippen LogP) is 0.961. The Morgan fingerprint density at radius 2 is 2.12 bits per heavy atom. The van der Waals surface area contributed by atoms with Crippen LogP contribution in [0.3, 0.4) is 0 Å². The fourth-order valence-corrected chi connectivity index (χ4v) is 1.76. The largest absolute Gasteiger partial charge is 0.326 e. The van der Waals surface area contributed by atoms with Gasteiger partial charge in [-0.25, -0.2) is 20.8 Å². The number of nitrogens with one attached hydrogen (secondary N) is 1. The fourth-order valence-electron chi connectivity index (χ4n) is 1.76. The number of nitrogens with zero attached hydrogens (tertiary/aromatic N) is 4. The van der Waals surface area contributed by atoms with Crippen molar-refractivity contribution in [2.75, 3.05) is 5.43 Å². The molecule has 0 amide bonds. The van der Waals surface area contributed by atoms with Crippen molar-refractivity contribution in [3.63, 3.8) is 0 Å². The summed E-state index contributed by atoms with van der Waals surface area (Å²) < 4.78 is 2.13. The number of hydrogen-bond donors (Lipinski definition) is 2. The summed E-state index contributed by atoms with van der Waals surface area (Å²) in [5.74, 6) is 5.99. The van der Waals surface area contributed by atoms with E-state index in [0.29, 0.717) is 11.9 Å². The van der Waals surface area contributed by atoms with Crippen LogP contribution in [-0.2, 0) is 0 Å². The molecule has 0 spiro atoms. The Labute approximate surface area is 92.5 Å². The molecule has 3 N–H and O–H groups in total. The molecular formula is C10H12N6. The van der Waals surface area contributed by atoms with Crippen LogP contribution in [0.2, 0.25) is 0 Å². The van der Waals surface area contributed by atoms with Crippen LogP contribution in [0.1, 0.15) is 18.9 Å². The van der Waals surface area contributed by atoms with Crippen molar-refractivity contribution in [2.24, 2.45) is 5.84 Å². The summed E-state index contributed by atoms with van der Waals surface area (Å²) in [6.07, 6.45) is 9.30. The van der Waals surface area contributed by atoms with Gasteiger partial charge in [-0.3, -0.25) is 0 Å². The van der Waals surface area contributed by atoms with Crippen LogP contribution in [0.25, 0.3) is 11.4 Å². The minimum Gasteiger partial charge on any atom is -0.326 e. The van der Waals surface area contributed by atoms with Crippen molar-refractivity contribution in [1.82, 2.24) is 19.5 Å². The SMILES string of the molecule is NNc1nccnc1-c1cncn1C1CC1. The zero-order valence-electron chi connectivity index (χ0n) is 8.67. The van der Waals surface area contributed by atoms with Crippen LogP contribution in [-0.4, -0.2) is 19.5 Å². The lowest BCUT2D eigenvalue weighted by molar-refractivity contribution is 0.745. The first-order chi connectivity index (χ1) is 7.90. The lowest BCUT2D eigenvalue weighted by Gasteiger charge is -2.08. The quantitative estimate of drug-likeness (QED) is 0.590. The van der Waals surface area contributed by atoms with E-state index < -0.39 is 0 Å². The van der Waals surface area contributed by atoms with Crippen molar-refractivity contribution in [3.8, 4) is 11.4 Å². The van der Waals surface area contributed by atoms with E-state index in [-0.39, 0.29) is 0 Å². The van der Waals surface area contributed by atoms with Crippen LogP contribution in [0, 0.1) is 0 Å². The highest BCUT2D eigenvalue weighted by atomic mass is 15.3. The van der Waals surface area contributed by atoms with E-state index in [9.17, 15) is 0 Å². The molecule has 1 saturated carbocycles. The van der Waals surface area contributed by atoms with E-state index in [4.69, 9.17) is 5.84 Å². The van der Waals surface area contributed by atoms with E-state index in [1.165, 1.54) is 12.8 Å². The Morgan fingerprint density at radius 3 is 2.88 bits per heavy atom. The lowest BCUT2D eigenvalue weighted by Crippen LogP contribution is -2.11. The van der Waals surface area contributed by atoms with Gasteiger partial charge in [0.2, 0.25) is 0 Å². The zero-order chi connectivity index (χ0) is 11.0. The molecule has 2 aromatic rings. The van der Waals surface area contributed by atoms with Gasteiger partial charge < -0.3 is 9.99 Å². The van der Waals surface area contributed by atoms with Gasteiger partial charge in [0.15, 0.2) is 5.82 Å². The van der Waals surface area contributed by atoms with Gasteiger partial charge in [-0.05, 0) is 12.8 Å². The molecule has 1 fully saturated rings. The minimum atomic E-state index is 0.560. The van der Waals surface area contributed by atoms with Crippen LogP contribution in [0.4, 0.5) is 5.82 Å². The van der Waals surface area contributed by atoms with E-state index in [2.05, 4.69) is 24.9 Å². The van der Waals surface area contributed by atoms with Crippen molar-refractivity contribution in [1.29, 1.82) is 0 Å². The number of nitrogen functional groups attached to an aromatic ring is 1. The molecule has 0 bridgehead atoms. The second kappa shape index (κ2) is 3.57. The Kier molecular flexibility index (Phi) is 2.07. The van der Waals surface area contributed by atoms with Gasteiger partial charge in [-0.2, -0.15) is 0 Å². The third-order valence-electron chi connectivity index (χ3n) is 2.68. The van der Waals surface area contributed by atoms with Gasteiger partial charge >= 0.3 is 0 Å². The van der Waals surface area contributed by atoms with Crippen molar-refractivity contribution >= 4 is 5.82 Å². The Morgan fingerprint density at radius 1 is 1.31 bits per heavy atom. The maximum absolute atomic E-state index is 5.42. The molecule has 3 rings (SSSR count). The summed E-state index contributed by atoms with van der Waals surface area (Å²) in [4.78, 5) is 12.6. The maximum atomic E-state index is 5.42. The number of rotatable bonds is 3. The summed E-state index contributed by atoms with van der Waals surface area (Å²) in [6, 6.07) is 0.560. The molecule has 1 aliphatic carbocycles. The van der Waals surface area contributed by atoms with Gasteiger partial charge in [0.25, 0.3) is 0 Å². The molecule has 0 radical (unpaired) electrons. The van der Waals surface area contributed by atoms with Gasteiger partial charge in [0.05, 0.1) is 18.2 Å². The number of anilines is 1. The van der Waals surface area contributed by atoms with Crippen molar-refractivity contribution in [3.05, 3.63) is 24.9 Å². The number of hydrazine groups is 1. The van der Waals surface area contributed by atoms with E-state index in [1.54, 1.807) is 18.6 Å². The van der Waals surface area contributed by atoms with Gasteiger partial charge in [0.1, 0.15) is 5.69 Å². The number of imidazole rings is 1. The first-order valence-electron chi connectivity index (χ1n) is 5.20. The highest BCUT2D eigenvalue weighted by Crippen LogP contribution is 2.38. The average molecular weight is 216 g/mol. The second-order valence-corrected chi connectivity index (χ2v) is 3.82. The molecule has 2 aromatic heterocycles. The van der Waals surface area contributed by atoms with Crippen LogP contribution in [0.5, 0.6) is 0 Å². The molecule has 1 aliphatic rings. The first kappa shape index (κ1) is 9.29. The molecule has 0 aliphatic heterocycles. The third kappa shape index (κ3) is 1.43. The topological polar surface area (TPSA) is 81.7 Å². The first-order valence-corrected chi connectivity index (χ1v) is 5.20. The third-order valence-corrected chi connectivity index (χ3v) is 2.68. The molecule has 0 atom stereocenters. The standard InChI is InChI=1S/C10H12N6/c11-15-10-9(13-3-4-14-10)8-5-12-6-16(8)7-1-2-7/h3-7H,1-2,11H2,(H,14,15). The fraction of sp³-hybridized carbons (Fsp3) is 0.300. The molecule has 82 valence electrons. The minimum absolute atomic E-state index is 0.560. The molecular weight excluding hydrogens is 204 g/mol. The number of aromatic nitrogens is 4. The Bertz CT molecular complexity index is 502. The summed E-state index contributed by atoms with van der Waals surface area (Å²) in [5, 5.41) is 0. The summed E-state index contributed by atoms with van der Waals surface area (Å²) in [6.45, 7) is 0. The molecule has 6 nitrogen and oxygen atoms in total. The normalized spacial score (nSPS) is 15.1. The van der Waals surface area contributed by atoms with E-state index in [1.807, 2.05) is 6.33 Å². The highest BCUT2D eigenvalue weighted by molar-refractivity contribution is 5.67. The Balaban J connectivity index is 2.10. The van der Waals surface area contributed by atoms with Crippen molar-refractivity contribution < 1.29 is 0 Å². The maximum Gasteiger partial charge on any atom is 0.168 e. The number of hydrogen-bond acceptors (Lipinski definition) is 5. The smallest absolute Gasteiger partial charge is 0.168 e. The van der Waals surface area contributed by atoms with Gasteiger partial charge in [-0.1, -0.05) is 0 Å². The van der Waals surface area contributed by atoms with Crippen LogP contribution < -0.4 is 11.3 Å². The molecule has 0 aromatic carbocycles. The van der Waals surface area contributed by atoms with Crippen LogP contribution in [0.15, 0.2) is 24.9 Å². The van der Waals surface area contributed by atoms with Crippen LogP contribution >= 0.6 is 0 Å². The van der Waals surface area contributed by atoms with Gasteiger partial charge in [0, 0.05) is 18.4 Å². The summed E-state index contributed by atoms with van der Waals surface area (Å²) >= 11 is 0. The molecule has 6 heteroatoms. The monoisotopic (exact) mass is 216 g/mol. The van der Waals surface area contributed by atoms with E-state index in [0.717, 1.165) is 11.4 Å². The van der Waals surface area contributed by atoms with Crippen molar-refractivity contribution in [2.45, 2.75) is 18.9 Å². The Hall–Kier alpha value is -1.95. The predicted molar refractivity (Wildman–Crippen MR) is 59.3 cm³/mol. The number of nitrogens with two attached hydrogens (primary N) is 1. The lowest BCUT2D eigenvalue weighted by atomic mass is 10.3. The molecule has 2 heterocycles. The molecule has 0 saturated heterocycles. The summed E-state index contributed by atoms with van der Waals surface area (Å²) in [7, 11) is 0. The zero-order valence-corrected chi connectivity index (χ0v) is 8.67. The molecule has 0 unspecified atom stereocenters. The second-order valence-electron chi connectivity index (χ2n) is 3.82. The van der Waals surface area contributed by atoms with E-state index >= 15 is 0 Å².